The minimum atomic E-state index is -0.181. The highest BCUT2D eigenvalue weighted by Gasteiger charge is 2.14. The Morgan fingerprint density at radius 1 is 0.862 bits per heavy atom. The molecule has 0 radical (unpaired) electrons. The maximum Gasteiger partial charge on any atom is 0.271 e. The van der Waals surface area contributed by atoms with Gasteiger partial charge in [-0.2, -0.15) is 0 Å². The average Bonchev–Trinajstić information content (AvgIpc) is 3.28. The van der Waals surface area contributed by atoms with Crippen LogP contribution in [0.25, 0.3) is 10.6 Å². The molecule has 4 nitrogen and oxygen atoms in total. The largest absolute Gasteiger partial charge is 0.488 e. The molecule has 0 saturated carbocycles. The number of nitrogens with zero attached hydrogens (tertiary/aromatic N) is 1. The van der Waals surface area contributed by atoms with Gasteiger partial charge in [0.15, 0.2) is 0 Å². The number of nitrogens with one attached hydrogen (secondary N) is 1. The van der Waals surface area contributed by atoms with Gasteiger partial charge in [0.1, 0.15) is 23.1 Å². The molecule has 5 heteroatoms. The molecule has 0 saturated heterocycles. The first kappa shape index (κ1) is 18.9. The van der Waals surface area contributed by atoms with Crippen molar-refractivity contribution in [2.75, 3.05) is 0 Å². The molecule has 1 N–H and O–H groups in total. The molecule has 29 heavy (non-hydrogen) atoms. The summed E-state index contributed by atoms with van der Waals surface area (Å²) in [5, 5.41) is 5.46. The van der Waals surface area contributed by atoms with Gasteiger partial charge in [0.2, 0.25) is 0 Å². The third kappa shape index (κ3) is 4.89. The van der Waals surface area contributed by atoms with Crippen LogP contribution in [0, 0.1) is 0 Å². The minimum Gasteiger partial charge on any atom is -0.488 e. The lowest BCUT2D eigenvalue weighted by Gasteiger charge is -2.10. The molecule has 0 spiro atoms. The van der Waals surface area contributed by atoms with Gasteiger partial charge in [0.25, 0.3) is 5.91 Å². The zero-order valence-electron chi connectivity index (χ0n) is 15.7. The van der Waals surface area contributed by atoms with E-state index in [1.807, 2.05) is 84.9 Å². The van der Waals surface area contributed by atoms with E-state index in [1.54, 1.807) is 5.38 Å². The molecule has 3 aromatic carbocycles. The lowest BCUT2D eigenvalue weighted by atomic mass is 10.2. The van der Waals surface area contributed by atoms with Gasteiger partial charge in [-0.25, -0.2) is 4.98 Å². The van der Waals surface area contributed by atoms with Crippen molar-refractivity contribution in [1.82, 2.24) is 10.3 Å². The number of amides is 1. The van der Waals surface area contributed by atoms with Crippen molar-refractivity contribution >= 4 is 17.2 Å². The molecule has 0 fully saturated rings. The highest BCUT2D eigenvalue weighted by atomic mass is 32.1. The Kier molecular flexibility index (Phi) is 5.98. The zero-order valence-corrected chi connectivity index (χ0v) is 16.6. The van der Waals surface area contributed by atoms with E-state index >= 15 is 0 Å². The minimum absolute atomic E-state index is 0.181. The Labute approximate surface area is 173 Å². The van der Waals surface area contributed by atoms with Crippen LogP contribution >= 0.6 is 11.3 Å². The first-order valence-electron chi connectivity index (χ1n) is 9.33. The fourth-order valence-electron chi connectivity index (χ4n) is 2.88. The molecule has 4 aromatic rings. The van der Waals surface area contributed by atoms with E-state index in [4.69, 9.17) is 4.74 Å². The highest BCUT2D eigenvalue weighted by Crippen LogP contribution is 2.32. The maximum atomic E-state index is 12.5. The van der Waals surface area contributed by atoms with Crippen LogP contribution in [0.5, 0.6) is 5.75 Å². The first-order valence-corrected chi connectivity index (χ1v) is 10.2. The normalized spacial score (nSPS) is 10.5. The van der Waals surface area contributed by atoms with Gasteiger partial charge in [-0.3, -0.25) is 4.79 Å². The summed E-state index contributed by atoms with van der Waals surface area (Å²) in [7, 11) is 0. The van der Waals surface area contributed by atoms with Crippen LogP contribution in [0.1, 0.15) is 21.6 Å². The molecular formula is C24H20N2O2S. The molecular weight excluding hydrogens is 380 g/mol. The second-order valence-electron chi connectivity index (χ2n) is 6.48. The topological polar surface area (TPSA) is 51.2 Å². The van der Waals surface area contributed by atoms with Gasteiger partial charge in [0.05, 0.1) is 5.56 Å². The number of para-hydroxylation sites is 1. The highest BCUT2D eigenvalue weighted by molar-refractivity contribution is 7.13. The monoisotopic (exact) mass is 400 g/mol. The molecule has 0 aliphatic rings. The van der Waals surface area contributed by atoms with Crippen LogP contribution in [0.2, 0.25) is 0 Å². The molecule has 144 valence electrons. The van der Waals surface area contributed by atoms with Crippen LogP contribution in [0.4, 0.5) is 0 Å². The number of ether oxygens (including phenoxy) is 1. The summed E-state index contributed by atoms with van der Waals surface area (Å²) in [6.07, 6.45) is 0. The van der Waals surface area contributed by atoms with Crippen molar-refractivity contribution in [2.45, 2.75) is 13.2 Å². The molecule has 1 heterocycles. The number of hydrogen-bond donors (Lipinski definition) is 1. The number of hydrogen-bond acceptors (Lipinski definition) is 4. The smallest absolute Gasteiger partial charge is 0.271 e. The van der Waals surface area contributed by atoms with Crippen molar-refractivity contribution in [3.63, 3.8) is 0 Å². The lowest BCUT2D eigenvalue weighted by molar-refractivity contribution is 0.0946. The van der Waals surface area contributed by atoms with Crippen LogP contribution in [0.15, 0.2) is 90.3 Å². The predicted octanol–water partition coefficient (Wildman–Crippen LogP) is 5.32. The predicted molar refractivity (Wildman–Crippen MR) is 116 cm³/mol. The fourth-order valence-corrected chi connectivity index (χ4v) is 3.70. The van der Waals surface area contributed by atoms with Gasteiger partial charge in [-0.05, 0) is 23.3 Å². The Balaban J connectivity index is 1.45. The van der Waals surface area contributed by atoms with E-state index in [0.717, 1.165) is 27.4 Å². The van der Waals surface area contributed by atoms with Crippen LogP contribution in [-0.2, 0) is 13.2 Å². The van der Waals surface area contributed by atoms with Crippen molar-refractivity contribution in [1.29, 1.82) is 0 Å². The number of benzene rings is 3. The molecule has 0 unspecified atom stereocenters. The van der Waals surface area contributed by atoms with Crippen molar-refractivity contribution in [3.05, 3.63) is 107 Å². The third-order valence-corrected chi connectivity index (χ3v) is 5.26. The van der Waals surface area contributed by atoms with Gasteiger partial charge in [-0.15, -0.1) is 11.3 Å². The van der Waals surface area contributed by atoms with Crippen molar-refractivity contribution < 1.29 is 9.53 Å². The van der Waals surface area contributed by atoms with Gasteiger partial charge >= 0.3 is 0 Å². The van der Waals surface area contributed by atoms with Crippen molar-refractivity contribution in [3.8, 4) is 16.3 Å². The van der Waals surface area contributed by atoms with Gasteiger partial charge < -0.3 is 10.1 Å². The molecule has 0 atom stereocenters. The maximum absolute atomic E-state index is 12.5. The Bertz CT molecular complexity index is 1080. The summed E-state index contributed by atoms with van der Waals surface area (Å²) >= 11 is 1.44. The van der Waals surface area contributed by atoms with E-state index in [9.17, 15) is 4.79 Å². The summed E-state index contributed by atoms with van der Waals surface area (Å²) in [5.74, 6) is 0.570. The van der Waals surface area contributed by atoms with Gasteiger partial charge in [-0.1, -0.05) is 72.8 Å². The van der Waals surface area contributed by atoms with E-state index in [0.29, 0.717) is 18.8 Å². The quantitative estimate of drug-likeness (QED) is 0.457. The summed E-state index contributed by atoms with van der Waals surface area (Å²) in [6, 6.07) is 27.6. The second-order valence-corrected chi connectivity index (χ2v) is 7.33. The van der Waals surface area contributed by atoms with E-state index in [-0.39, 0.29) is 5.91 Å². The summed E-state index contributed by atoms with van der Waals surface area (Å²) in [6.45, 7) is 0.955. The summed E-state index contributed by atoms with van der Waals surface area (Å²) in [4.78, 5) is 17.0. The van der Waals surface area contributed by atoms with Crippen LogP contribution in [-0.4, -0.2) is 10.9 Å². The van der Waals surface area contributed by atoms with Crippen molar-refractivity contribution in [2.24, 2.45) is 0 Å². The molecule has 0 aliphatic carbocycles. The number of carbonyl (C=O) groups excluding carboxylic acids is 1. The standard InChI is InChI=1S/C24H20N2O2S/c27-23(25-15-18-9-3-1-4-10-18)21-17-29-24(26-21)20-13-7-8-14-22(20)28-16-19-11-5-2-6-12-19/h1-14,17H,15-16H2,(H,25,27). The molecule has 1 amide bonds. The summed E-state index contributed by atoms with van der Waals surface area (Å²) in [5.41, 5.74) is 3.45. The Hall–Kier alpha value is -3.44. The zero-order chi connectivity index (χ0) is 19.9. The van der Waals surface area contributed by atoms with Crippen LogP contribution < -0.4 is 10.1 Å². The second kappa shape index (κ2) is 9.17. The molecule has 1 aromatic heterocycles. The fraction of sp³-hybridized carbons (Fsp3) is 0.0833. The SMILES string of the molecule is O=C(NCc1ccccc1)c1csc(-c2ccccc2OCc2ccccc2)n1. The van der Waals surface area contributed by atoms with E-state index in [2.05, 4.69) is 10.3 Å². The van der Waals surface area contributed by atoms with E-state index in [1.165, 1.54) is 11.3 Å². The molecule has 4 rings (SSSR count). The lowest BCUT2D eigenvalue weighted by Crippen LogP contribution is -2.23. The van der Waals surface area contributed by atoms with E-state index < -0.39 is 0 Å². The Morgan fingerprint density at radius 2 is 1.52 bits per heavy atom. The first-order chi connectivity index (χ1) is 14.3. The van der Waals surface area contributed by atoms with Crippen LogP contribution in [0.3, 0.4) is 0 Å². The summed E-state index contributed by atoms with van der Waals surface area (Å²) < 4.78 is 6.02. The Morgan fingerprint density at radius 3 is 2.28 bits per heavy atom. The van der Waals surface area contributed by atoms with Gasteiger partial charge in [0, 0.05) is 11.9 Å². The number of rotatable bonds is 7. The molecule has 0 bridgehead atoms. The number of carbonyl (C=O) groups is 1. The molecule has 0 aliphatic heterocycles. The average molecular weight is 401 g/mol. The number of aromatic nitrogens is 1. The number of thiazole rings is 1. The third-order valence-electron chi connectivity index (χ3n) is 4.39.